The molecule has 2 N–H and O–H groups in total. The molecule has 0 aliphatic rings. The summed E-state index contributed by atoms with van der Waals surface area (Å²) in [6.07, 6.45) is 0. The molecule has 0 radical (unpaired) electrons. The lowest BCUT2D eigenvalue weighted by Gasteiger charge is -2.04. The number of halogens is 1. The van der Waals surface area contributed by atoms with Crippen LogP contribution < -0.4 is 10.6 Å². The molecule has 1 heterocycles. The minimum Gasteiger partial charge on any atom is -0.351 e. The van der Waals surface area contributed by atoms with E-state index in [4.69, 9.17) is 0 Å². The van der Waals surface area contributed by atoms with Gasteiger partial charge in [0.15, 0.2) is 0 Å². The number of nitrogens with one attached hydrogen (secondary N) is 2. The Morgan fingerprint density at radius 2 is 1.89 bits per heavy atom. The van der Waals surface area contributed by atoms with Crippen molar-refractivity contribution < 1.29 is 14.0 Å². The lowest BCUT2D eigenvalue weighted by molar-refractivity contribution is -0.118. The predicted octanol–water partition coefficient (Wildman–Crippen LogP) is 3.48. The van der Waals surface area contributed by atoms with Gasteiger partial charge in [-0.2, -0.15) is 0 Å². The van der Waals surface area contributed by atoms with Crippen molar-refractivity contribution in [3.63, 3.8) is 0 Å². The topological polar surface area (TPSA) is 84.0 Å². The fourth-order valence-corrected chi connectivity index (χ4v) is 3.87. The van der Waals surface area contributed by atoms with Crippen LogP contribution in [0.15, 0.2) is 54.6 Å². The standard InChI is InChI=1S/C19H17FN4O2S2/c20-14-7-4-8-15(9-14)22-18(26)19-24-23-17(28-19)12-27-11-16(25)21-10-13-5-2-1-3-6-13/h1-9H,10-12H2,(H,21,25)(H,22,26). The maximum Gasteiger partial charge on any atom is 0.286 e. The molecular formula is C19H17FN4O2S2. The van der Waals surface area contributed by atoms with Gasteiger partial charge < -0.3 is 10.6 Å². The lowest BCUT2D eigenvalue weighted by atomic mass is 10.2. The Morgan fingerprint density at radius 3 is 2.68 bits per heavy atom. The molecule has 0 spiro atoms. The van der Waals surface area contributed by atoms with Crippen LogP contribution in [0.2, 0.25) is 0 Å². The first kappa shape index (κ1) is 20.0. The van der Waals surface area contributed by atoms with E-state index in [0.717, 1.165) is 16.9 Å². The third kappa shape index (κ3) is 6.14. The number of benzene rings is 2. The summed E-state index contributed by atoms with van der Waals surface area (Å²) in [7, 11) is 0. The van der Waals surface area contributed by atoms with E-state index >= 15 is 0 Å². The number of thioether (sulfide) groups is 1. The van der Waals surface area contributed by atoms with Gasteiger partial charge in [0.25, 0.3) is 5.91 Å². The van der Waals surface area contributed by atoms with Gasteiger partial charge >= 0.3 is 0 Å². The highest BCUT2D eigenvalue weighted by Crippen LogP contribution is 2.18. The first-order valence-corrected chi connectivity index (χ1v) is 10.3. The number of aromatic nitrogens is 2. The van der Waals surface area contributed by atoms with Gasteiger partial charge in [-0.15, -0.1) is 22.0 Å². The third-order valence-corrected chi connectivity index (χ3v) is 5.58. The molecule has 0 unspecified atom stereocenters. The second kappa shape index (κ2) is 9.95. The molecule has 0 bridgehead atoms. The molecule has 0 saturated heterocycles. The number of amides is 2. The zero-order valence-corrected chi connectivity index (χ0v) is 16.4. The van der Waals surface area contributed by atoms with E-state index in [0.29, 0.717) is 23.0 Å². The number of anilines is 1. The Hall–Kier alpha value is -2.78. The van der Waals surface area contributed by atoms with Crippen LogP contribution in [0.1, 0.15) is 20.4 Å². The Balaban J connectivity index is 1.41. The number of nitrogens with zero attached hydrogens (tertiary/aromatic N) is 2. The van der Waals surface area contributed by atoms with Crippen molar-refractivity contribution in [2.24, 2.45) is 0 Å². The van der Waals surface area contributed by atoms with Gasteiger partial charge in [0.1, 0.15) is 10.8 Å². The first-order valence-electron chi connectivity index (χ1n) is 8.38. The van der Waals surface area contributed by atoms with Gasteiger partial charge in [-0.1, -0.05) is 47.7 Å². The first-order chi connectivity index (χ1) is 13.6. The molecule has 2 amide bonds. The number of hydrogen-bond acceptors (Lipinski definition) is 6. The van der Waals surface area contributed by atoms with Gasteiger partial charge in [-0.05, 0) is 23.8 Å². The van der Waals surface area contributed by atoms with Crippen molar-refractivity contribution in [1.82, 2.24) is 15.5 Å². The molecule has 144 valence electrons. The predicted molar refractivity (Wildman–Crippen MR) is 109 cm³/mol. The molecule has 28 heavy (non-hydrogen) atoms. The van der Waals surface area contributed by atoms with Crippen molar-refractivity contribution in [1.29, 1.82) is 0 Å². The minimum absolute atomic E-state index is 0.0672. The maximum atomic E-state index is 13.2. The van der Waals surface area contributed by atoms with Crippen LogP contribution in [0.4, 0.5) is 10.1 Å². The summed E-state index contributed by atoms with van der Waals surface area (Å²) in [5, 5.41) is 14.1. The average Bonchev–Trinajstić information content (AvgIpc) is 3.16. The zero-order chi connectivity index (χ0) is 19.8. The normalized spacial score (nSPS) is 10.5. The smallest absolute Gasteiger partial charge is 0.286 e. The average molecular weight is 417 g/mol. The van der Waals surface area contributed by atoms with Crippen molar-refractivity contribution in [2.75, 3.05) is 11.1 Å². The van der Waals surface area contributed by atoms with Crippen molar-refractivity contribution in [3.05, 3.63) is 76.0 Å². The Labute approximate surface area is 169 Å². The van der Waals surface area contributed by atoms with Gasteiger partial charge in [0.2, 0.25) is 10.9 Å². The summed E-state index contributed by atoms with van der Waals surface area (Å²) in [6.45, 7) is 0.490. The lowest BCUT2D eigenvalue weighted by Crippen LogP contribution is -2.24. The Bertz CT molecular complexity index is 950. The fraction of sp³-hybridized carbons (Fsp3) is 0.158. The SMILES string of the molecule is O=C(CSCc1nnc(C(=O)Nc2cccc(F)c2)s1)NCc1ccccc1. The molecule has 0 atom stereocenters. The highest BCUT2D eigenvalue weighted by molar-refractivity contribution is 7.99. The summed E-state index contributed by atoms with van der Waals surface area (Å²) in [6, 6.07) is 15.3. The van der Waals surface area contributed by atoms with Gasteiger partial charge in [-0.25, -0.2) is 4.39 Å². The molecule has 9 heteroatoms. The van der Waals surface area contributed by atoms with Crippen LogP contribution in [-0.2, 0) is 17.1 Å². The number of carbonyl (C=O) groups is 2. The quantitative estimate of drug-likeness (QED) is 0.587. The largest absolute Gasteiger partial charge is 0.351 e. The number of rotatable bonds is 8. The van der Waals surface area contributed by atoms with E-state index in [1.54, 1.807) is 6.07 Å². The van der Waals surface area contributed by atoms with E-state index in [9.17, 15) is 14.0 Å². The van der Waals surface area contributed by atoms with Crippen LogP contribution >= 0.6 is 23.1 Å². The van der Waals surface area contributed by atoms with E-state index in [2.05, 4.69) is 20.8 Å². The summed E-state index contributed by atoms with van der Waals surface area (Å²) in [5.41, 5.74) is 1.39. The van der Waals surface area contributed by atoms with Crippen molar-refractivity contribution in [3.8, 4) is 0 Å². The number of hydrogen-bond donors (Lipinski definition) is 2. The van der Waals surface area contributed by atoms with Gasteiger partial charge in [0.05, 0.1) is 5.75 Å². The van der Waals surface area contributed by atoms with Crippen LogP contribution in [0.5, 0.6) is 0 Å². The van der Waals surface area contributed by atoms with Crippen LogP contribution in [0.3, 0.4) is 0 Å². The third-order valence-electron chi connectivity index (χ3n) is 3.53. The van der Waals surface area contributed by atoms with Crippen molar-refractivity contribution >= 4 is 40.6 Å². The van der Waals surface area contributed by atoms with Crippen LogP contribution in [-0.4, -0.2) is 27.8 Å². The zero-order valence-electron chi connectivity index (χ0n) is 14.7. The minimum atomic E-state index is -0.444. The molecule has 0 aliphatic carbocycles. The molecule has 3 aromatic rings. The fourth-order valence-electron chi connectivity index (χ4n) is 2.23. The molecule has 0 fully saturated rings. The van der Waals surface area contributed by atoms with E-state index in [1.165, 1.54) is 30.0 Å². The van der Waals surface area contributed by atoms with E-state index in [-0.39, 0.29) is 16.7 Å². The second-order valence-electron chi connectivity index (χ2n) is 5.72. The second-order valence-corrected chi connectivity index (χ2v) is 7.77. The van der Waals surface area contributed by atoms with Crippen LogP contribution in [0, 0.1) is 5.82 Å². The number of carbonyl (C=O) groups excluding carboxylic acids is 2. The highest BCUT2D eigenvalue weighted by atomic mass is 32.2. The van der Waals surface area contributed by atoms with E-state index in [1.807, 2.05) is 30.3 Å². The monoisotopic (exact) mass is 416 g/mol. The molecule has 1 aromatic heterocycles. The molecular weight excluding hydrogens is 399 g/mol. The molecule has 3 rings (SSSR count). The molecule has 0 aliphatic heterocycles. The molecule has 6 nitrogen and oxygen atoms in total. The Morgan fingerprint density at radius 1 is 1.07 bits per heavy atom. The van der Waals surface area contributed by atoms with Crippen molar-refractivity contribution in [2.45, 2.75) is 12.3 Å². The van der Waals surface area contributed by atoms with Crippen LogP contribution in [0.25, 0.3) is 0 Å². The summed E-state index contributed by atoms with van der Waals surface area (Å²) in [4.78, 5) is 24.0. The Kier molecular flexibility index (Phi) is 7.10. The maximum absolute atomic E-state index is 13.2. The van der Waals surface area contributed by atoms with Gasteiger partial charge in [0, 0.05) is 18.0 Å². The highest BCUT2D eigenvalue weighted by Gasteiger charge is 2.14. The molecule has 0 saturated carbocycles. The molecule has 2 aromatic carbocycles. The summed E-state index contributed by atoms with van der Waals surface area (Å²) < 4.78 is 13.2. The van der Waals surface area contributed by atoms with E-state index < -0.39 is 11.7 Å². The summed E-state index contributed by atoms with van der Waals surface area (Å²) >= 11 is 2.54. The van der Waals surface area contributed by atoms with Gasteiger partial charge in [-0.3, -0.25) is 9.59 Å². The summed E-state index contributed by atoms with van der Waals surface area (Å²) in [5.74, 6) is -0.180.